The van der Waals surface area contributed by atoms with E-state index in [9.17, 15) is 28.0 Å². The second-order valence-corrected chi connectivity index (χ2v) is 8.93. The van der Waals surface area contributed by atoms with Crippen molar-refractivity contribution in [3.05, 3.63) is 35.8 Å². The molecule has 1 aliphatic rings. The van der Waals surface area contributed by atoms with Crippen LogP contribution in [0, 0.1) is 17.7 Å². The van der Waals surface area contributed by atoms with E-state index in [1.54, 1.807) is 6.07 Å². The number of hydrazine groups is 1. The highest BCUT2D eigenvalue weighted by molar-refractivity contribution is 6.29. The van der Waals surface area contributed by atoms with Crippen LogP contribution in [0.2, 0.25) is 0 Å². The summed E-state index contributed by atoms with van der Waals surface area (Å²) in [6, 6.07) is 4.59. The van der Waals surface area contributed by atoms with Gasteiger partial charge in [0.2, 0.25) is 5.91 Å². The van der Waals surface area contributed by atoms with E-state index < -0.39 is 41.1 Å². The summed E-state index contributed by atoms with van der Waals surface area (Å²) in [5.74, 6) is -4.18. The van der Waals surface area contributed by atoms with Crippen LogP contribution in [-0.2, 0) is 14.4 Å². The van der Waals surface area contributed by atoms with Gasteiger partial charge in [0.15, 0.2) is 0 Å². The number of alkyl halides is 2. The monoisotopic (exact) mass is 497 g/mol. The zero-order valence-corrected chi connectivity index (χ0v) is 19.4. The first-order valence-electron chi connectivity index (χ1n) is 10.8. The number of hydrogen-bond acceptors (Lipinski definition) is 4. The number of nitrogens with zero attached hydrogens (tertiary/aromatic N) is 1. The number of aromatic nitrogens is 1. The maximum atomic E-state index is 14.0. The first-order valence-corrected chi connectivity index (χ1v) is 11.3. The van der Waals surface area contributed by atoms with Gasteiger partial charge < -0.3 is 15.6 Å². The maximum absolute atomic E-state index is 14.0. The van der Waals surface area contributed by atoms with E-state index in [0.717, 1.165) is 0 Å². The van der Waals surface area contributed by atoms with E-state index >= 15 is 0 Å². The number of rotatable bonds is 8. The molecule has 9 nitrogen and oxygen atoms in total. The van der Waals surface area contributed by atoms with Crippen LogP contribution in [0.25, 0.3) is 10.9 Å². The van der Waals surface area contributed by atoms with E-state index in [2.05, 4.69) is 21.0 Å². The summed E-state index contributed by atoms with van der Waals surface area (Å²) in [5.41, 5.74) is 0.330. The number of hydrogen-bond donors (Lipinski definition) is 4. The summed E-state index contributed by atoms with van der Waals surface area (Å²) in [7, 11) is 0. The van der Waals surface area contributed by atoms with Gasteiger partial charge in [-0.15, -0.1) is 0 Å². The molecule has 4 amide bonds. The minimum atomic E-state index is -2.43. The van der Waals surface area contributed by atoms with Crippen LogP contribution in [0.3, 0.4) is 0 Å². The van der Waals surface area contributed by atoms with E-state index in [4.69, 9.17) is 11.6 Å². The summed E-state index contributed by atoms with van der Waals surface area (Å²) in [6.45, 7) is 3.78. The van der Waals surface area contributed by atoms with Crippen molar-refractivity contribution >= 4 is 46.1 Å². The van der Waals surface area contributed by atoms with Gasteiger partial charge in [-0.1, -0.05) is 31.5 Å². The van der Waals surface area contributed by atoms with Gasteiger partial charge in [-0.3, -0.25) is 24.6 Å². The number of amides is 4. The third kappa shape index (κ3) is 6.02. The van der Waals surface area contributed by atoms with Gasteiger partial charge in [-0.2, -0.15) is 0 Å². The molecule has 3 rings (SSSR count). The van der Waals surface area contributed by atoms with Crippen molar-refractivity contribution in [3.8, 4) is 0 Å². The van der Waals surface area contributed by atoms with Crippen LogP contribution >= 0.6 is 11.6 Å². The first kappa shape index (κ1) is 25.4. The summed E-state index contributed by atoms with van der Waals surface area (Å²) in [5, 5.41) is 6.07. The lowest BCUT2D eigenvalue weighted by atomic mass is 10.0. The van der Waals surface area contributed by atoms with Crippen molar-refractivity contribution in [2.45, 2.75) is 38.4 Å². The Balaban J connectivity index is 1.76. The largest absolute Gasteiger partial charge is 0.356 e. The number of carbonyl (C=O) groups is 4. The van der Waals surface area contributed by atoms with Gasteiger partial charge in [0.05, 0.1) is 12.5 Å². The van der Waals surface area contributed by atoms with Gasteiger partial charge in [-0.05, 0) is 37.0 Å². The van der Waals surface area contributed by atoms with Crippen molar-refractivity contribution in [3.63, 3.8) is 0 Å². The fraction of sp³-hybridized carbons (Fsp3) is 0.455. The Morgan fingerprint density at radius 1 is 1.29 bits per heavy atom. The zero-order valence-electron chi connectivity index (χ0n) is 18.7. The van der Waals surface area contributed by atoms with Crippen LogP contribution in [0.1, 0.15) is 37.2 Å². The second kappa shape index (κ2) is 10.8. The smallest absolute Gasteiger partial charge is 0.291 e. The van der Waals surface area contributed by atoms with Gasteiger partial charge in [-0.25, -0.2) is 13.8 Å². The fourth-order valence-electron chi connectivity index (χ4n) is 3.74. The minimum absolute atomic E-state index is 0.0390. The molecule has 3 atom stereocenters. The van der Waals surface area contributed by atoms with Gasteiger partial charge in [0.1, 0.15) is 17.6 Å². The second-order valence-electron chi connectivity index (χ2n) is 8.54. The molecule has 4 N–H and O–H groups in total. The van der Waals surface area contributed by atoms with Gasteiger partial charge >= 0.3 is 0 Å². The van der Waals surface area contributed by atoms with Crippen LogP contribution in [0.4, 0.5) is 8.78 Å². The standard InChI is InChI=1S/C22H26ClF2N5O4/c1-11(2)8-16(28-20(32)17-9-13-14(24)4-3-5-15(13)27-17)21(33)29-30(22(34)18(23)25)10-12-6-7-26-19(12)31/h3-5,9,11-12,16,18,27H,6-8,10H2,1-2H3,(H,26,31)(H,28,32)(H,29,33). The van der Waals surface area contributed by atoms with Crippen LogP contribution < -0.4 is 16.1 Å². The molecule has 12 heteroatoms. The highest BCUT2D eigenvalue weighted by Crippen LogP contribution is 2.19. The highest BCUT2D eigenvalue weighted by Gasteiger charge is 2.33. The molecule has 0 radical (unpaired) electrons. The predicted octanol–water partition coefficient (Wildman–Crippen LogP) is 1.98. The highest BCUT2D eigenvalue weighted by atomic mass is 35.5. The Labute approximate surface area is 199 Å². The van der Waals surface area contributed by atoms with Crippen molar-refractivity contribution in [1.82, 2.24) is 26.1 Å². The molecule has 0 bridgehead atoms. The number of nitrogens with one attached hydrogen (secondary N) is 4. The number of aromatic amines is 1. The molecular weight excluding hydrogens is 472 g/mol. The van der Waals surface area contributed by atoms with Crippen molar-refractivity contribution < 1.29 is 28.0 Å². The number of fused-ring (bicyclic) bond motifs is 1. The maximum Gasteiger partial charge on any atom is 0.291 e. The Kier molecular flexibility index (Phi) is 8.08. The molecular formula is C22H26ClF2N5O4. The number of benzene rings is 1. The number of carbonyl (C=O) groups excluding carboxylic acids is 4. The quantitative estimate of drug-likeness (QED) is 0.329. The van der Waals surface area contributed by atoms with Crippen LogP contribution in [-0.4, -0.2) is 58.4 Å². The predicted molar refractivity (Wildman–Crippen MR) is 121 cm³/mol. The normalized spacial score (nSPS) is 17.4. The minimum Gasteiger partial charge on any atom is -0.356 e. The average Bonchev–Trinajstić information content (AvgIpc) is 3.39. The van der Waals surface area contributed by atoms with Crippen molar-refractivity contribution in [1.29, 1.82) is 0 Å². The Morgan fingerprint density at radius 3 is 2.62 bits per heavy atom. The van der Waals surface area contributed by atoms with Crippen molar-refractivity contribution in [2.75, 3.05) is 13.1 Å². The molecule has 2 aromatic rings. The summed E-state index contributed by atoms with van der Waals surface area (Å²) in [4.78, 5) is 52.8. The van der Waals surface area contributed by atoms with Crippen molar-refractivity contribution in [2.24, 2.45) is 11.8 Å². The number of halogens is 3. The molecule has 1 aliphatic heterocycles. The summed E-state index contributed by atoms with van der Waals surface area (Å²) >= 11 is 5.29. The SMILES string of the molecule is CC(C)CC(NC(=O)c1cc2c(F)cccc2[nH]1)C(=O)NN(CC1CCNC1=O)C(=O)C(F)Cl. The van der Waals surface area contributed by atoms with E-state index in [-0.39, 0.29) is 35.9 Å². The molecule has 1 aromatic carbocycles. The lowest BCUT2D eigenvalue weighted by molar-refractivity contribution is -0.145. The molecule has 1 saturated heterocycles. The first-order chi connectivity index (χ1) is 16.1. The van der Waals surface area contributed by atoms with Gasteiger partial charge in [0.25, 0.3) is 23.4 Å². The number of H-pyrrole nitrogens is 1. The third-order valence-electron chi connectivity index (χ3n) is 5.45. The molecule has 1 aromatic heterocycles. The molecule has 0 spiro atoms. The van der Waals surface area contributed by atoms with Crippen LogP contribution in [0.15, 0.2) is 24.3 Å². The lowest BCUT2D eigenvalue weighted by Crippen LogP contribution is -2.57. The van der Waals surface area contributed by atoms with E-state index in [0.29, 0.717) is 23.5 Å². The molecule has 0 aliphatic carbocycles. The molecule has 0 saturated carbocycles. The van der Waals surface area contributed by atoms with E-state index in [1.807, 2.05) is 13.8 Å². The molecule has 184 valence electrons. The Hall–Kier alpha value is -3.21. The molecule has 34 heavy (non-hydrogen) atoms. The fourth-order valence-corrected chi connectivity index (χ4v) is 3.86. The average molecular weight is 498 g/mol. The topological polar surface area (TPSA) is 123 Å². The zero-order chi connectivity index (χ0) is 25.0. The lowest BCUT2D eigenvalue weighted by Gasteiger charge is -2.28. The third-order valence-corrected chi connectivity index (χ3v) is 5.63. The van der Waals surface area contributed by atoms with Crippen LogP contribution in [0.5, 0.6) is 0 Å². The summed E-state index contributed by atoms with van der Waals surface area (Å²) < 4.78 is 27.5. The summed E-state index contributed by atoms with van der Waals surface area (Å²) in [6.07, 6.45) is 0.596. The molecule has 1 fully saturated rings. The molecule has 3 unspecified atom stereocenters. The van der Waals surface area contributed by atoms with E-state index in [1.165, 1.54) is 18.2 Å². The molecule has 2 heterocycles. The Bertz CT molecular complexity index is 1090. The van der Waals surface area contributed by atoms with Gasteiger partial charge in [0, 0.05) is 17.4 Å². The Morgan fingerprint density at radius 2 is 2.03 bits per heavy atom.